The van der Waals surface area contributed by atoms with Crippen LogP contribution in [0.25, 0.3) is 0 Å². The van der Waals surface area contributed by atoms with Crippen LogP contribution in [0.4, 0.5) is 0 Å². The highest BCUT2D eigenvalue weighted by Gasteiger charge is 2.51. The molecule has 402 valence electrons. The number of ether oxygens (including phenoxy) is 2. The Hall–Kier alpha value is -1.18. The Morgan fingerprint density at radius 3 is 1.26 bits per heavy atom. The molecule has 1 saturated carbocycles. The van der Waals surface area contributed by atoms with Crippen LogP contribution in [0.5, 0.6) is 0 Å². The number of hydrogen-bond donors (Lipinski definition) is 6. The lowest BCUT2D eigenvalue weighted by Crippen LogP contribution is -2.64. The highest BCUT2D eigenvalue weighted by molar-refractivity contribution is 7.47. The molecule has 6 N–H and O–H groups in total. The number of carbonyl (C=O) groups excluding carboxylic acids is 1. The maximum atomic E-state index is 12.9. The van der Waals surface area contributed by atoms with Crippen molar-refractivity contribution < 1.29 is 58.3 Å². The van der Waals surface area contributed by atoms with Crippen LogP contribution < -0.4 is 0 Å². The van der Waals surface area contributed by atoms with Crippen LogP contribution in [-0.4, -0.2) is 98.9 Å². The Labute approximate surface area is 415 Å². The molecule has 0 heterocycles. The van der Waals surface area contributed by atoms with Crippen LogP contribution in [-0.2, 0) is 27.9 Å². The summed E-state index contributed by atoms with van der Waals surface area (Å²) in [6.45, 7) is 4.28. The van der Waals surface area contributed by atoms with Gasteiger partial charge in [0.05, 0.1) is 13.2 Å². The van der Waals surface area contributed by atoms with Crippen molar-refractivity contribution in [3.63, 3.8) is 0 Å². The van der Waals surface area contributed by atoms with Gasteiger partial charge in [-0.05, 0) is 44.9 Å². The minimum absolute atomic E-state index is 0.0741. The Morgan fingerprint density at radius 2 is 0.824 bits per heavy atom. The topological polar surface area (TPSA) is 192 Å². The highest BCUT2D eigenvalue weighted by Crippen LogP contribution is 2.47. The van der Waals surface area contributed by atoms with Crippen LogP contribution in [0.15, 0.2) is 24.3 Å². The number of carbonyl (C=O) groups is 1. The molecule has 6 atom stereocenters. The van der Waals surface area contributed by atoms with Crippen molar-refractivity contribution in [2.24, 2.45) is 0 Å². The van der Waals surface area contributed by atoms with Crippen molar-refractivity contribution in [2.45, 2.75) is 301 Å². The molecular weight excluding hydrogens is 884 g/mol. The summed E-state index contributed by atoms with van der Waals surface area (Å²) in [5.74, 6) is -0.472. The van der Waals surface area contributed by atoms with Gasteiger partial charge in [-0.2, -0.15) is 0 Å². The van der Waals surface area contributed by atoms with Crippen molar-refractivity contribution in [1.82, 2.24) is 0 Å². The monoisotopic (exact) mass is 989 g/mol. The van der Waals surface area contributed by atoms with Crippen molar-refractivity contribution in [3.8, 4) is 0 Å². The van der Waals surface area contributed by atoms with Gasteiger partial charge >= 0.3 is 13.8 Å². The maximum Gasteiger partial charge on any atom is 0.472 e. The fourth-order valence-corrected chi connectivity index (χ4v) is 9.83. The van der Waals surface area contributed by atoms with E-state index in [1.165, 1.54) is 186 Å². The summed E-state index contributed by atoms with van der Waals surface area (Å²) >= 11 is 0. The number of hydrogen-bond acceptors (Lipinski definition) is 11. The zero-order chi connectivity index (χ0) is 49.8. The zero-order valence-corrected chi connectivity index (χ0v) is 44.3. The molecule has 0 aromatic rings. The van der Waals surface area contributed by atoms with E-state index in [1.54, 1.807) is 0 Å². The van der Waals surface area contributed by atoms with Crippen molar-refractivity contribution >= 4 is 13.8 Å². The summed E-state index contributed by atoms with van der Waals surface area (Å²) in [7, 11) is -5.02. The molecule has 0 radical (unpaired) electrons. The van der Waals surface area contributed by atoms with Gasteiger partial charge in [0, 0.05) is 13.0 Å². The fourth-order valence-electron chi connectivity index (χ4n) is 8.86. The van der Waals surface area contributed by atoms with Crippen LogP contribution in [0.3, 0.4) is 0 Å². The van der Waals surface area contributed by atoms with E-state index in [4.69, 9.17) is 18.5 Å². The number of aliphatic hydroxyl groups is 5. The van der Waals surface area contributed by atoms with Crippen LogP contribution in [0.1, 0.15) is 258 Å². The van der Waals surface area contributed by atoms with Crippen LogP contribution in [0.2, 0.25) is 0 Å². The summed E-state index contributed by atoms with van der Waals surface area (Å²) in [4.78, 5) is 23.3. The molecule has 1 aliphatic carbocycles. The first kappa shape index (κ1) is 64.8. The summed E-state index contributed by atoms with van der Waals surface area (Å²) in [6.07, 6.45) is 42.4. The summed E-state index contributed by atoms with van der Waals surface area (Å²) in [5.41, 5.74) is 0. The third-order valence-electron chi connectivity index (χ3n) is 13.3. The van der Waals surface area contributed by atoms with Crippen LogP contribution >= 0.6 is 7.82 Å². The van der Waals surface area contributed by atoms with E-state index >= 15 is 0 Å². The second kappa shape index (κ2) is 45.7. The predicted octanol–water partition coefficient (Wildman–Crippen LogP) is 13.2. The first-order valence-corrected chi connectivity index (χ1v) is 29.7. The Bertz CT molecular complexity index is 1220. The molecule has 0 aromatic heterocycles. The molecular formula is C55H105O12P. The summed E-state index contributed by atoms with van der Waals surface area (Å²) < 4.78 is 34.4. The zero-order valence-electron chi connectivity index (χ0n) is 43.4. The molecule has 1 fully saturated rings. The third kappa shape index (κ3) is 36.7. The molecule has 0 spiro atoms. The molecule has 12 nitrogen and oxygen atoms in total. The van der Waals surface area contributed by atoms with E-state index in [-0.39, 0.29) is 13.0 Å². The molecule has 0 amide bonds. The molecule has 13 heteroatoms. The van der Waals surface area contributed by atoms with Crippen molar-refractivity contribution in [2.75, 3.05) is 19.8 Å². The molecule has 1 aliphatic rings. The Morgan fingerprint density at radius 1 is 0.471 bits per heavy atom. The van der Waals surface area contributed by atoms with E-state index in [0.717, 1.165) is 44.9 Å². The highest BCUT2D eigenvalue weighted by atomic mass is 31.2. The average Bonchev–Trinajstić information content (AvgIpc) is 3.32. The predicted molar refractivity (Wildman–Crippen MR) is 276 cm³/mol. The van der Waals surface area contributed by atoms with Gasteiger partial charge in [-0.15, -0.1) is 0 Å². The lowest BCUT2D eigenvalue weighted by Gasteiger charge is -2.41. The molecule has 0 aromatic carbocycles. The van der Waals surface area contributed by atoms with Crippen LogP contribution in [0, 0.1) is 0 Å². The molecule has 0 saturated heterocycles. The summed E-state index contributed by atoms with van der Waals surface area (Å²) in [6, 6.07) is 0. The largest absolute Gasteiger partial charge is 0.472 e. The van der Waals surface area contributed by atoms with E-state index in [2.05, 4.69) is 38.2 Å². The van der Waals surface area contributed by atoms with Gasteiger partial charge in [0.25, 0.3) is 0 Å². The van der Waals surface area contributed by atoms with E-state index in [0.29, 0.717) is 13.0 Å². The SMILES string of the molecule is CCCCC/C=C\C/C=C\CCCCCCCCCCCCOCC(COP(=O)(O)OC1C(O)C(O)C(O)C(O)C1O)OC(=O)CCCCCCCCCCCCCCCCCCCCCCC. The molecule has 0 bridgehead atoms. The maximum absolute atomic E-state index is 12.9. The number of phosphoric acid groups is 1. The van der Waals surface area contributed by atoms with Gasteiger partial charge in [0.1, 0.15) is 42.7 Å². The molecule has 68 heavy (non-hydrogen) atoms. The van der Waals surface area contributed by atoms with Gasteiger partial charge in [0.2, 0.25) is 0 Å². The minimum Gasteiger partial charge on any atom is -0.457 e. The molecule has 6 unspecified atom stereocenters. The quantitative estimate of drug-likeness (QED) is 0.0146. The normalized spacial score (nSPS) is 21.2. The standard InChI is InChI=1S/C55H105O12P/c1-3-5-7-9-11-13-15-17-19-21-23-25-26-28-30-32-34-36-38-40-42-44-49(56)66-48(47-65-68(62,63)67-55-53(60)51(58)50(57)52(59)54(55)61)46-64-45-43-41-39-37-35-33-31-29-27-24-22-20-18-16-14-12-10-8-6-4-2/h12,14,18,20,48,50-55,57-61H,3-11,13,15-17,19,21-47H2,1-2H3,(H,62,63)/b14-12-,20-18-. The van der Waals surface area contributed by atoms with Crippen molar-refractivity contribution in [1.29, 1.82) is 0 Å². The van der Waals surface area contributed by atoms with E-state index < -0.39 is 63.1 Å². The van der Waals surface area contributed by atoms with Gasteiger partial charge in [-0.1, -0.05) is 231 Å². The van der Waals surface area contributed by atoms with E-state index in [9.17, 15) is 39.8 Å². The summed E-state index contributed by atoms with van der Waals surface area (Å²) in [5, 5.41) is 50.4. The Balaban J connectivity index is 2.29. The third-order valence-corrected chi connectivity index (χ3v) is 14.3. The first-order chi connectivity index (χ1) is 33.0. The number of phosphoric ester groups is 1. The smallest absolute Gasteiger partial charge is 0.457 e. The lowest BCUT2D eigenvalue weighted by molar-refractivity contribution is -0.220. The number of unbranched alkanes of at least 4 members (excludes halogenated alkanes) is 33. The van der Waals surface area contributed by atoms with Gasteiger partial charge in [-0.3, -0.25) is 13.8 Å². The molecule has 1 rings (SSSR count). The van der Waals surface area contributed by atoms with Gasteiger partial charge < -0.3 is 39.9 Å². The second-order valence-electron chi connectivity index (χ2n) is 19.8. The minimum atomic E-state index is -5.02. The average molecular weight is 989 g/mol. The first-order valence-electron chi connectivity index (χ1n) is 28.2. The van der Waals surface area contributed by atoms with Gasteiger partial charge in [0.15, 0.2) is 0 Å². The number of rotatable bonds is 49. The number of allylic oxidation sites excluding steroid dienone is 4. The van der Waals surface area contributed by atoms with Gasteiger partial charge in [-0.25, -0.2) is 4.57 Å². The van der Waals surface area contributed by atoms with E-state index in [1.807, 2.05) is 0 Å². The fraction of sp³-hybridized carbons (Fsp3) is 0.909. The lowest BCUT2D eigenvalue weighted by atomic mass is 9.85. The molecule has 0 aliphatic heterocycles. The number of esters is 1. The van der Waals surface area contributed by atoms with Crippen molar-refractivity contribution in [3.05, 3.63) is 24.3 Å². The number of aliphatic hydroxyl groups excluding tert-OH is 5. The Kier molecular flexibility index (Phi) is 43.5. The second-order valence-corrected chi connectivity index (χ2v) is 21.2.